The highest BCUT2D eigenvalue weighted by Gasteiger charge is 2.33. The number of hydrogen-bond donors (Lipinski definition) is 5. The number of hydrogen-bond acceptors (Lipinski definition) is 7. The summed E-state index contributed by atoms with van der Waals surface area (Å²) in [6.07, 6.45) is -3.24. The predicted molar refractivity (Wildman–Crippen MR) is 106 cm³/mol. The van der Waals surface area contributed by atoms with Gasteiger partial charge in [-0.05, 0) is 43.2 Å². The van der Waals surface area contributed by atoms with Crippen LogP contribution in [0, 0.1) is 11.6 Å². The van der Waals surface area contributed by atoms with Gasteiger partial charge in [0.25, 0.3) is 0 Å². The molecular formula is C22H25F2NO6. The van der Waals surface area contributed by atoms with Gasteiger partial charge < -0.3 is 35.2 Å². The molecule has 2 aliphatic heterocycles. The molecule has 7 nitrogen and oxygen atoms in total. The minimum absolute atomic E-state index is 0.0940. The Morgan fingerprint density at radius 2 is 1.68 bits per heavy atom. The molecule has 0 radical (unpaired) electrons. The molecule has 0 aliphatic carbocycles. The summed E-state index contributed by atoms with van der Waals surface area (Å²) in [6, 6.07) is 6.55. The van der Waals surface area contributed by atoms with E-state index in [4.69, 9.17) is 9.47 Å². The maximum atomic E-state index is 13.9. The number of halogens is 2. The minimum Gasteiger partial charge on any atom is -0.505 e. The molecule has 0 spiro atoms. The summed E-state index contributed by atoms with van der Waals surface area (Å²) in [5.41, 5.74) is 0.645. The molecule has 0 aromatic heterocycles. The van der Waals surface area contributed by atoms with Crippen LogP contribution in [0.15, 0.2) is 30.3 Å². The third kappa shape index (κ3) is 4.59. The first kappa shape index (κ1) is 21.8. The zero-order valence-electron chi connectivity index (χ0n) is 16.7. The van der Waals surface area contributed by atoms with Crippen molar-refractivity contribution in [1.82, 2.24) is 5.32 Å². The molecule has 4 rings (SSSR count). The lowest BCUT2D eigenvalue weighted by molar-refractivity contribution is -0.0175. The van der Waals surface area contributed by atoms with Crippen LogP contribution in [0.25, 0.3) is 0 Å². The number of ether oxygens (including phenoxy) is 2. The third-order valence-corrected chi connectivity index (χ3v) is 5.77. The Hall–Kier alpha value is -2.46. The average Bonchev–Trinajstić information content (AvgIpc) is 2.76. The number of phenols is 1. The number of rotatable bonds is 6. The first-order valence-corrected chi connectivity index (χ1v) is 10.2. The van der Waals surface area contributed by atoms with Gasteiger partial charge in [-0.25, -0.2) is 8.78 Å². The van der Waals surface area contributed by atoms with Gasteiger partial charge in [0.2, 0.25) is 0 Å². The molecule has 5 atom stereocenters. The molecule has 168 valence electrons. The van der Waals surface area contributed by atoms with Crippen LogP contribution in [0.1, 0.15) is 30.1 Å². The van der Waals surface area contributed by atoms with Crippen LogP contribution in [0.4, 0.5) is 8.78 Å². The van der Waals surface area contributed by atoms with Crippen molar-refractivity contribution in [1.29, 1.82) is 0 Å². The van der Waals surface area contributed by atoms with Gasteiger partial charge in [0.15, 0.2) is 11.6 Å². The Kier molecular flexibility index (Phi) is 6.29. The Balaban J connectivity index is 1.27. The second kappa shape index (κ2) is 8.96. The van der Waals surface area contributed by atoms with E-state index in [-0.39, 0.29) is 19.5 Å². The normalized spacial score (nSPS) is 24.4. The fourth-order valence-corrected chi connectivity index (χ4v) is 4.04. The van der Waals surface area contributed by atoms with Crippen molar-refractivity contribution in [2.75, 3.05) is 13.1 Å². The first-order chi connectivity index (χ1) is 14.8. The topological polar surface area (TPSA) is 111 Å². The Bertz CT molecular complexity index is 942. The highest BCUT2D eigenvalue weighted by Crippen LogP contribution is 2.36. The van der Waals surface area contributed by atoms with Crippen LogP contribution in [0.2, 0.25) is 0 Å². The molecule has 31 heavy (non-hydrogen) atoms. The maximum Gasteiger partial charge on any atom is 0.171 e. The lowest BCUT2D eigenvalue weighted by atomic mass is 9.96. The van der Waals surface area contributed by atoms with Gasteiger partial charge in [-0.1, -0.05) is 0 Å². The van der Waals surface area contributed by atoms with Gasteiger partial charge in [-0.15, -0.1) is 0 Å². The zero-order chi connectivity index (χ0) is 22.1. The zero-order valence-corrected chi connectivity index (χ0v) is 16.7. The van der Waals surface area contributed by atoms with Crippen LogP contribution < -0.4 is 14.8 Å². The van der Waals surface area contributed by atoms with E-state index in [1.54, 1.807) is 0 Å². The van der Waals surface area contributed by atoms with Crippen molar-refractivity contribution in [2.24, 2.45) is 0 Å². The Labute approximate surface area is 177 Å². The van der Waals surface area contributed by atoms with E-state index >= 15 is 0 Å². The fourth-order valence-electron chi connectivity index (χ4n) is 4.04. The largest absolute Gasteiger partial charge is 0.505 e. The van der Waals surface area contributed by atoms with Crippen LogP contribution in [-0.2, 0) is 6.42 Å². The highest BCUT2D eigenvalue weighted by atomic mass is 19.1. The number of aromatic hydroxyl groups is 1. The molecule has 0 unspecified atom stereocenters. The SMILES string of the molecule is Oc1ccc2c(c1F)CC[C@@H]([C@@H](O)CNC[C@H](O)[C@H]1C[C@H](O)c3cc(F)ccc3O1)O2. The van der Waals surface area contributed by atoms with E-state index in [9.17, 15) is 29.2 Å². The number of fused-ring (bicyclic) bond motifs is 2. The van der Waals surface area contributed by atoms with E-state index in [1.165, 1.54) is 30.3 Å². The molecule has 2 aromatic carbocycles. The summed E-state index contributed by atoms with van der Waals surface area (Å²) in [4.78, 5) is 0. The molecule has 0 saturated heterocycles. The van der Waals surface area contributed by atoms with Gasteiger partial charge in [-0.2, -0.15) is 0 Å². The van der Waals surface area contributed by atoms with Crippen molar-refractivity contribution < 1.29 is 38.7 Å². The molecule has 0 bridgehead atoms. The van der Waals surface area contributed by atoms with Crippen molar-refractivity contribution in [3.8, 4) is 17.2 Å². The van der Waals surface area contributed by atoms with Crippen molar-refractivity contribution in [3.63, 3.8) is 0 Å². The summed E-state index contributed by atoms with van der Waals surface area (Å²) >= 11 is 0. The van der Waals surface area contributed by atoms with E-state index in [2.05, 4.69) is 5.32 Å². The molecular weight excluding hydrogens is 412 g/mol. The van der Waals surface area contributed by atoms with Crippen molar-refractivity contribution >= 4 is 0 Å². The predicted octanol–water partition coefficient (Wildman–Crippen LogP) is 1.56. The van der Waals surface area contributed by atoms with Crippen LogP contribution in [0.3, 0.4) is 0 Å². The van der Waals surface area contributed by atoms with Crippen LogP contribution in [-0.4, -0.2) is 57.9 Å². The van der Waals surface area contributed by atoms with Gasteiger partial charge in [0.1, 0.15) is 41.7 Å². The van der Waals surface area contributed by atoms with Gasteiger partial charge in [0.05, 0.1) is 6.10 Å². The molecule has 0 amide bonds. The molecule has 9 heteroatoms. The number of phenolic OH excluding ortho intramolecular Hbond substituents is 1. The van der Waals surface area contributed by atoms with E-state index in [0.717, 1.165) is 0 Å². The van der Waals surface area contributed by atoms with Crippen molar-refractivity contribution in [2.45, 2.75) is 49.8 Å². The summed E-state index contributed by atoms with van der Waals surface area (Å²) in [5.74, 6) is -0.976. The molecule has 2 heterocycles. The first-order valence-electron chi connectivity index (χ1n) is 10.2. The lowest BCUT2D eigenvalue weighted by Crippen LogP contribution is -2.46. The average molecular weight is 437 g/mol. The molecule has 5 N–H and O–H groups in total. The van der Waals surface area contributed by atoms with Gasteiger partial charge in [0, 0.05) is 30.6 Å². The second-order valence-corrected chi connectivity index (χ2v) is 7.95. The van der Waals surface area contributed by atoms with Gasteiger partial charge in [-0.3, -0.25) is 0 Å². The van der Waals surface area contributed by atoms with E-state index in [0.29, 0.717) is 35.5 Å². The number of nitrogens with one attached hydrogen (secondary N) is 1. The lowest BCUT2D eigenvalue weighted by Gasteiger charge is -2.33. The number of benzene rings is 2. The minimum atomic E-state index is -0.967. The molecule has 2 aliphatic rings. The number of aliphatic hydroxyl groups is 3. The van der Waals surface area contributed by atoms with E-state index < -0.39 is 47.9 Å². The smallest absolute Gasteiger partial charge is 0.171 e. The second-order valence-electron chi connectivity index (χ2n) is 7.95. The molecule has 2 aromatic rings. The Morgan fingerprint density at radius 3 is 2.45 bits per heavy atom. The Morgan fingerprint density at radius 1 is 1.00 bits per heavy atom. The molecule has 0 saturated carbocycles. The summed E-state index contributed by atoms with van der Waals surface area (Å²) < 4.78 is 38.7. The summed E-state index contributed by atoms with van der Waals surface area (Å²) in [7, 11) is 0. The highest BCUT2D eigenvalue weighted by molar-refractivity contribution is 5.43. The monoisotopic (exact) mass is 437 g/mol. The van der Waals surface area contributed by atoms with Crippen LogP contribution in [0.5, 0.6) is 17.2 Å². The van der Waals surface area contributed by atoms with Crippen LogP contribution >= 0.6 is 0 Å². The van der Waals surface area contributed by atoms with E-state index in [1.807, 2.05) is 0 Å². The standard InChI is InChI=1S/C22H25F2NO6/c23-11-1-4-19-13(7-11)15(27)8-21(31-19)17(29)10-25-9-16(28)20-5-2-12-18(30-20)6-3-14(26)22(12)24/h1,3-4,6-7,15-17,20-21,25-29H,2,5,8-10H2/t15-,16-,17-,20-,21+/m0/s1. The maximum absolute atomic E-state index is 13.9. The summed E-state index contributed by atoms with van der Waals surface area (Å²) in [6.45, 7) is 0.214. The third-order valence-electron chi connectivity index (χ3n) is 5.77. The fraction of sp³-hybridized carbons (Fsp3) is 0.455. The quantitative estimate of drug-likeness (QED) is 0.466. The van der Waals surface area contributed by atoms with Crippen molar-refractivity contribution in [3.05, 3.63) is 53.1 Å². The number of aliphatic hydroxyl groups excluding tert-OH is 3. The molecule has 0 fully saturated rings. The van der Waals surface area contributed by atoms with Gasteiger partial charge >= 0.3 is 0 Å². The summed E-state index contributed by atoms with van der Waals surface area (Å²) in [5, 5.41) is 43.5.